The number of aliphatic carboxylic acids is 1. The lowest BCUT2D eigenvalue weighted by Crippen LogP contribution is -2.33. The molecule has 0 atom stereocenters. The zero-order chi connectivity index (χ0) is 31.5. The van der Waals surface area contributed by atoms with Crippen molar-refractivity contribution >= 4 is 68.5 Å². The summed E-state index contributed by atoms with van der Waals surface area (Å²) in [5.41, 5.74) is 3.54. The number of carboxylic acids is 1. The molecule has 0 saturated carbocycles. The van der Waals surface area contributed by atoms with E-state index in [2.05, 4.69) is 35.6 Å². The second kappa shape index (κ2) is 12.4. The maximum Gasteiger partial charge on any atom is 0.330 e. The Balaban J connectivity index is 1.34. The van der Waals surface area contributed by atoms with Gasteiger partial charge in [-0.05, 0) is 34.5 Å². The van der Waals surface area contributed by atoms with E-state index in [0.29, 0.717) is 27.9 Å². The Morgan fingerprint density at radius 1 is 0.778 bits per heavy atom. The van der Waals surface area contributed by atoms with Crippen LogP contribution >= 0.6 is 22.7 Å². The van der Waals surface area contributed by atoms with Crippen LogP contribution in [-0.2, 0) is 9.59 Å². The molecule has 4 N–H and O–H groups in total. The van der Waals surface area contributed by atoms with Crippen LogP contribution in [0.5, 0.6) is 11.5 Å². The van der Waals surface area contributed by atoms with E-state index in [0.717, 1.165) is 0 Å². The Kier molecular flexibility index (Phi) is 8.04. The zero-order valence-corrected chi connectivity index (χ0v) is 24.4. The topological polar surface area (TPSA) is 206 Å². The predicted octanol–water partition coefficient (Wildman–Crippen LogP) is 3.28. The van der Waals surface area contributed by atoms with Crippen molar-refractivity contribution in [2.45, 2.75) is 0 Å². The Bertz CT molecular complexity index is 2100. The number of thiophene rings is 1. The van der Waals surface area contributed by atoms with E-state index in [-0.39, 0.29) is 33.5 Å². The monoisotopic (exact) mass is 641 g/mol. The van der Waals surface area contributed by atoms with Gasteiger partial charge in [-0.3, -0.25) is 34.3 Å². The molecule has 0 radical (unpaired) electrons. The van der Waals surface area contributed by atoms with Crippen LogP contribution in [-0.4, -0.2) is 72.0 Å². The molecule has 2 aromatic carbocycles. The number of fused-ring (bicyclic) bond motifs is 2. The number of thiazole rings is 1. The molecular formula is C29H19N7O7S2. The number of esters is 1. The summed E-state index contributed by atoms with van der Waals surface area (Å²) in [4.78, 5) is 72.3. The van der Waals surface area contributed by atoms with Gasteiger partial charge in [0.2, 0.25) is 0 Å². The van der Waals surface area contributed by atoms with E-state index in [9.17, 15) is 24.3 Å². The molecular weight excluding hydrogens is 622 g/mol. The van der Waals surface area contributed by atoms with Crippen LogP contribution in [0.15, 0.2) is 64.6 Å². The third-order valence-corrected chi connectivity index (χ3v) is 7.73. The molecule has 4 heterocycles. The van der Waals surface area contributed by atoms with E-state index in [1.54, 1.807) is 39.8 Å². The zero-order valence-electron chi connectivity index (χ0n) is 22.8. The van der Waals surface area contributed by atoms with Gasteiger partial charge in [0.15, 0.2) is 5.75 Å². The number of hydrogen-bond donors (Lipinski definition) is 4. The SMILES string of the molecule is O=C(O)CNC(=O)c1c(OC(=O)CNC(=O)c2c(O)c(-c3cscn3)cc3nccnc23)c(-c2ccsc2)cc2nccnc12. The van der Waals surface area contributed by atoms with Crippen LogP contribution in [0.2, 0.25) is 0 Å². The number of ether oxygens (including phenoxy) is 1. The highest BCUT2D eigenvalue weighted by atomic mass is 32.1. The first-order chi connectivity index (χ1) is 21.8. The van der Waals surface area contributed by atoms with Crippen molar-refractivity contribution in [1.82, 2.24) is 35.6 Å². The van der Waals surface area contributed by atoms with Gasteiger partial charge in [-0.1, -0.05) is 0 Å². The smallest absolute Gasteiger partial charge is 0.330 e. The number of phenols is 1. The van der Waals surface area contributed by atoms with E-state index >= 15 is 0 Å². The highest BCUT2D eigenvalue weighted by molar-refractivity contribution is 7.08. The van der Waals surface area contributed by atoms with Gasteiger partial charge in [0, 0.05) is 41.3 Å². The maximum atomic E-state index is 13.4. The van der Waals surface area contributed by atoms with Gasteiger partial charge >= 0.3 is 11.9 Å². The molecule has 45 heavy (non-hydrogen) atoms. The first-order valence-corrected chi connectivity index (χ1v) is 14.8. The Hall–Kier alpha value is -5.87. The predicted molar refractivity (Wildman–Crippen MR) is 163 cm³/mol. The van der Waals surface area contributed by atoms with Crippen LogP contribution in [0.3, 0.4) is 0 Å². The number of carboxylic acid groups (broad SMARTS) is 1. The summed E-state index contributed by atoms with van der Waals surface area (Å²) in [6.45, 7) is -1.38. The van der Waals surface area contributed by atoms with Crippen molar-refractivity contribution in [3.8, 4) is 33.9 Å². The number of nitrogens with one attached hydrogen (secondary N) is 2. The second-order valence-electron chi connectivity index (χ2n) is 9.24. The van der Waals surface area contributed by atoms with Gasteiger partial charge in [0.1, 0.15) is 41.0 Å². The first kappa shape index (κ1) is 29.2. The fourth-order valence-electron chi connectivity index (χ4n) is 4.53. The van der Waals surface area contributed by atoms with Crippen LogP contribution in [0, 0.1) is 0 Å². The molecule has 4 aromatic heterocycles. The molecule has 14 nitrogen and oxygen atoms in total. The number of carbonyl (C=O) groups is 4. The molecule has 224 valence electrons. The standard InChI is InChI=1S/C29H19N7O7S2/c37-20(38)9-34-29(42)23-25-17(30-3-5-33-25)7-15(14-1-6-44-11-14)27(23)43-21(39)10-35-28(41)22-24-18(31-2-4-32-24)8-16(26(22)40)19-12-45-13-36-19/h1-8,11-13,40H,9-10H2,(H,34,42)(H,35,41)(H,37,38). The summed E-state index contributed by atoms with van der Waals surface area (Å²) in [6.07, 6.45) is 5.56. The minimum absolute atomic E-state index is 0.0695. The third-order valence-electron chi connectivity index (χ3n) is 6.46. The van der Waals surface area contributed by atoms with Crippen molar-refractivity contribution in [3.63, 3.8) is 0 Å². The largest absolute Gasteiger partial charge is 0.506 e. The average molecular weight is 642 g/mol. The lowest BCUT2D eigenvalue weighted by Gasteiger charge is -2.16. The second-order valence-corrected chi connectivity index (χ2v) is 10.7. The highest BCUT2D eigenvalue weighted by Gasteiger charge is 2.27. The molecule has 0 aliphatic carbocycles. The van der Waals surface area contributed by atoms with Gasteiger partial charge in [-0.2, -0.15) is 11.3 Å². The average Bonchev–Trinajstić information content (AvgIpc) is 3.77. The van der Waals surface area contributed by atoms with E-state index in [1.807, 2.05) is 0 Å². The quantitative estimate of drug-likeness (QED) is 0.133. The van der Waals surface area contributed by atoms with Gasteiger partial charge in [0.25, 0.3) is 11.8 Å². The number of benzene rings is 2. The molecule has 16 heteroatoms. The molecule has 6 rings (SSSR count). The van der Waals surface area contributed by atoms with E-state index in [4.69, 9.17) is 9.84 Å². The summed E-state index contributed by atoms with van der Waals surface area (Å²) in [7, 11) is 0. The number of phenolic OH excluding ortho intramolecular Hbond substituents is 1. The Labute approximate surface area is 260 Å². The molecule has 0 spiro atoms. The number of amides is 2. The normalized spacial score (nSPS) is 10.9. The van der Waals surface area contributed by atoms with Crippen molar-refractivity contribution in [3.05, 3.63) is 75.8 Å². The Morgan fingerprint density at radius 3 is 2.07 bits per heavy atom. The number of aromatic hydroxyl groups is 1. The molecule has 2 amide bonds. The molecule has 6 aromatic rings. The number of carbonyl (C=O) groups excluding carboxylic acids is 3. The lowest BCUT2D eigenvalue weighted by molar-refractivity contribution is -0.136. The van der Waals surface area contributed by atoms with Gasteiger partial charge in [-0.25, -0.2) is 9.78 Å². The van der Waals surface area contributed by atoms with E-state index < -0.39 is 42.6 Å². The summed E-state index contributed by atoms with van der Waals surface area (Å²) >= 11 is 2.66. The molecule has 0 aliphatic heterocycles. The maximum absolute atomic E-state index is 13.4. The van der Waals surface area contributed by atoms with Crippen LogP contribution < -0.4 is 15.4 Å². The molecule has 0 saturated heterocycles. The number of aromatic nitrogens is 5. The van der Waals surface area contributed by atoms with Gasteiger partial charge in [0.05, 0.1) is 22.2 Å². The minimum atomic E-state index is -1.28. The summed E-state index contributed by atoms with van der Waals surface area (Å²) < 4.78 is 5.70. The minimum Gasteiger partial charge on any atom is -0.506 e. The molecule has 0 aliphatic rings. The van der Waals surface area contributed by atoms with Gasteiger partial charge in [-0.15, -0.1) is 11.3 Å². The number of nitrogens with zero attached hydrogens (tertiary/aromatic N) is 5. The van der Waals surface area contributed by atoms with Crippen molar-refractivity contribution in [2.24, 2.45) is 0 Å². The third kappa shape index (κ3) is 5.86. The van der Waals surface area contributed by atoms with Crippen LogP contribution in [0.4, 0.5) is 0 Å². The molecule has 0 unspecified atom stereocenters. The fourth-order valence-corrected chi connectivity index (χ4v) is 5.74. The number of rotatable bonds is 9. The fraction of sp³-hybridized carbons (Fsp3) is 0.0690. The molecule has 0 bridgehead atoms. The van der Waals surface area contributed by atoms with Gasteiger partial charge < -0.3 is 25.6 Å². The van der Waals surface area contributed by atoms with Crippen molar-refractivity contribution in [2.75, 3.05) is 13.1 Å². The van der Waals surface area contributed by atoms with E-state index in [1.165, 1.54) is 47.5 Å². The highest BCUT2D eigenvalue weighted by Crippen LogP contribution is 2.39. The summed E-state index contributed by atoms with van der Waals surface area (Å²) in [5.74, 6) is -4.55. The van der Waals surface area contributed by atoms with Crippen LogP contribution in [0.1, 0.15) is 20.7 Å². The lowest BCUT2D eigenvalue weighted by atomic mass is 10.0. The first-order valence-electron chi connectivity index (χ1n) is 13.0. The Morgan fingerprint density at radius 2 is 1.42 bits per heavy atom. The van der Waals surface area contributed by atoms with Crippen molar-refractivity contribution < 1.29 is 34.1 Å². The van der Waals surface area contributed by atoms with Crippen molar-refractivity contribution in [1.29, 1.82) is 0 Å². The summed E-state index contributed by atoms with van der Waals surface area (Å²) in [5, 5.41) is 30.2. The number of hydrogen-bond acceptors (Lipinski definition) is 13. The summed E-state index contributed by atoms with van der Waals surface area (Å²) in [6, 6.07) is 4.89. The van der Waals surface area contributed by atoms with Crippen LogP contribution in [0.25, 0.3) is 44.5 Å². The molecule has 0 fully saturated rings.